The van der Waals surface area contributed by atoms with E-state index < -0.39 is 6.61 Å². The van der Waals surface area contributed by atoms with E-state index in [4.69, 9.17) is 11.6 Å². The maximum atomic E-state index is 12.5. The van der Waals surface area contributed by atoms with Gasteiger partial charge < -0.3 is 15.4 Å². The van der Waals surface area contributed by atoms with E-state index in [1.165, 1.54) is 17.7 Å². The van der Waals surface area contributed by atoms with Gasteiger partial charge in [-0.2, -0.15) is 13.9 Å². The minimum Gasteiger partial charge on any atom is -0.434 e. The molecule has 28 heavy (non-hydrogen) atoms. The smallest absolute Gasteiger partial charge is 0.387 e. The summed E-state index contributed by atoms with van der Waals surface area (Å²) >= 11 is 5.96. The van der Waals surface area contributed by atoms with Crippen LogP contribution in [0.5, 0.6) is 5.75 Å². The van der Waals surface area contributed by atoms with Crippen LogP contribution in [0.1, 0.15) is 24.5 Å². The van der Waals surface area contributed by atoms with Gasteiger partial charge in [0.25, 0.3) is 0 Å². The number of ether oxygens (including phenoxy) is 1. The van der Waals surface area contributed by atoms with Gasteiger partial charge in [0.15, 0.2) is 5.96 Å². The number of guanidine groups is 1. The lowest BCUT2D eigenvalue weighted by Crippen LogP contribution is -2.37. The zero-order valence-electron chi connectivity index (χ0n) is 15.8. The van der Waals surface area contributed by atoms with Crippen LogP contribution in [0.15, 0.2) is 35.6 Å². The Bertz CT molecular complexity index is 757. The molecule has 0 fully saturated rings. The molecule has 0 bridgehead atoms. The van der Waals surface area contributed by atoms with Crippen molar-refractivity contribution in [3.8, 4) is 5.75 Å². The maximum absolute atomic E-state index is 12.5. The molecule has 0 amide bonds. The molecule has 0 aliphatic rings. The van der Waals surface area contributed by atoms with Gasteiger partial charge in [0.1, 0.15) is 5.75 Å². The number of hydrogen-bond acceptors (Lipinski definition) is 3. The number of nitrogens with one attached hydrogen (secondary N) is 2. The number of aliphatic imine (C=N–C) groups is 1. The van der Waals surface area contributed by atoms with Crippen molar-refractivity contribution in [2.45, 2.75) is 32.9 Å². The summed E-state index contributed by atoms with van der Waals surface area (Å²) in [5.41, 5.74) is 1.67. The molecule has 0 spiro atoms. The predicted octanol–water partition coefficient (Wildman–Crippen LogP) is 3.98. The van der Waals surface area contributed by atoms with Gasteiger partial charge in [-0.1, -0.05) is 11.6 Å². The minimum absolute atomic E-state index is 0. The van der Waals surface area contributed by atoms with E-state index in [0.29, 0.717) is 23.1 Å². The van der Waals surface area contributed by atoms with Crippen molar-refractivity contribution in [3.63, 3.8) is 0 Å². The SMILES string of the molecule is CCNC(=NCc1cc(Cl)ccc1OC(F)F)NCCCc1cnn(C)c1.I. The van der Waals surface area contributed by atoms with Crippen LogP contribution < -0.4 is 15.4 Å². The number of aryl methyl sites for hydroxylation is 2. The van der Waals surface area contributed by atoms with Crippen LogP contribution in [0, 0.1) is 0 Å². The van der Waals surface area contributed by atoms with Crippen LogP contribution in [-0.2, 0) is 20.0 Å². The Morgan fingerprint density at radius 3 is 2.79 bits per heavy atom. The summed E-state index contributed by atoms with van der Waals surface area (Å²) in [6.45, 7) is 0.631. The lowest BCUT2D eigenvalue weighted by molar-refractivity contribution is -0.0504. The van der Waals surface area contributed by atoms with Crippen molar-refractivity contribution in [2.24, 2.45) is 12.0 Å². The third-order valence-corrected chi connectivity index (χ3v) is 3.92. The number of benzene rings is 1. The third-order valence-electron chi connectivity index (χ3n) is 3.68. The van der Waals surface area contributed by atoms with Crippen LogP contribution in [0.2, 0.25) is 5.02 Å². The fraction of sp³-hybridized carbons (Fsp3) is 0.444. The van der Waals surface area contributed by atoms with Crippen molar-refractivity contribution < 1.29 is 13.5 Å². The molecule has 1 aromatic heterocycles. The van der Waals surface area contributed by atoms with Gasteiger partial charge >= 0.3 is 6.61 Å². The van der Waals surface area contributed by atoms with Crippen molar-refractivity contribution in [2.75, 3.05) is 13.1 Å². The van der Waals surface area contributed by atoms with Crippen LogP contribution in [0.25, 0.3) is 0 Å². The summed E-state index contributed by atoms with van der Waals surface area (Å²) in [6.07, 6.45) is 5.65. The largest absolute Gasteiger partial charge is 0.434 e. The van der Waals surface area contributed by atoms with Gasteiger partial charge in [0, 0.05) is 36.9 Å². The highest BCUT2D eigenvalue weighted by molar-refractivity contribution is 14.0. The fourth-order valence-corrected chi connectivity index (χ4v) is 2.68. The van der Waals surface area contributed by atoms with Crippen LogP contribution >= 0.6 is 35.6 Å². The molecule has 0 saturated heterocycles. The number of halogens is 4. The minimum atomic E-state index is -2.90. The standard InChI is InChI=1S/C18H24ClF2N5O.HI/c1-3-22-18(23-8-4-5-13-10-25-26(2)12-13)24-11-14-9-15(19)6-7-16(14)27-17(20)21;/h6-7,9-10,12,17H,3-5,8,11H2,1-2H3,(H2,22,23,24);1H. The molecule has 0 aliphatic heterocycles. The summed E-state index contributed by atoms with van der Waals surface area (Å²) in [7, 11) is 1.89. The zero-order valence-corrected chi connectivity index (χ0v) is 18.9. The van der Waals surface area contributed by atoms with Gasteiger partial charge in [-0.25, -0.2) is 4.99 Å². The Kier molecular flexibility index (Phi) is 11.1. The second kappa shape index (κ2) is 12.8. The monoisotopic (exact) mass is 527 g/mol. The summed E-state index contributed by atoms with van der Waals surface area (Å²) < 4.78 is 31.4. The van der Waals surface area contributed by atoms with E-state index in [-0.39, 0.29) is 36.3 Å². The van der Waals surface area contributed by atoms with E-state index in [9.17, 15) is 8.78 Å². The first-order chi connectivity index (χ1) is 13.0. The first-order valence-corrected chi connectivity index (χ1v) is 9.08. The average molecular weight is 528 g/mol. The molecule has 0 aliphatic carbocycles. The summed E-state index contributed by atoms with van der Waals surface area (Å²) in [4.78, 5) is 4.44. The highest BCUT2D eigenvalue weighted by Gasteiger charge is 2.10. The molecule has 1 heterocycles. The highest BCUT2D eigenvalue weighted by atomic mass is 127. The van der Waals surface area contributed by atoms with Crippen LogP contribution in [0.4, 0.5) is 8.78 Å². The van der Waals surface area contributed by atoms with E-state index in [1.54, 1.807) is 10.7 Å². The molecule has 156 valence electrons. The van der Waals surface area contributed by atoms with E-state index >= 15 is 0 Å². The van der Waals surface area contributed by atoms with Gasteiger partial charge in [0.05, 0.1) is 12.7 Å². The summed E-state index contributed by atoms with van der Waals surface area (Å²) in [6, 6.07) is 4.51. The summed E-state index contributed by atoms with van der Waals surface area (Å²) in [5, 5.41) is 10.9. The molecular formula is C18H25ClF2IN5O. The van der Waals surface area contributed by atoms with Crippen molar-refractivity contribution >= 4 is 41.5 Å². The lowest BCUT2D eigenvalue weighted by atomic mass is 10.2. The molecule has 0 atom stereocenters. The van der Waals surface area contributed by atoms with Crippen LogP contribution in [0.3, 0.4) is 0 Å². The average Bonchev–Trinajstić information content (AvgIpc) is 3.03. The number of nitrogens with zero attached hydrogens (tertiary/aromatic N) is 3. The van der Waals surface area contributed by atoms with E-state index in [1.807, 2.05) is 26.4 Å². The van der Waals surface area contributed by atoms with Crippen molar-refractivity contribution in [1.29, 1.82) is 0 Å². The maximum Gasteiger partial charge on any atom is 0.387 e. The first kappa shape index (κ1) is 24.4. The molecule has 2 rings (SSSR count). The molecule has 2 N–H and O–H groups in total. The Balaban J connectivity index is 0.00000392. The van der Waals surface area contributed by atoms with Gasteiger partial charge in [0.2, 0.25) is 0 Å². The topological polar surface area (TPSA) is 63.5 Å². The Morgan fingerprint density at radius 1 is 1.36 bits per heavy atom. The molecule has 0 unspecified atom stereocenters. The number of alkyl halides is 2. The number of rotatable bonds is 9. The lowest BCUT2D eigenvalue weighted by Gasteiger charge is -2.13. The summed E-state index contributed by atoms with van der Waals surface area (Å²) in [5.74, 6) is 0.678. The fourth-order valence-electron chi connectivity index (χ4n) is 2.49. The quantitative estimate of drug-likeness (QED) is 0.224. The third kappa shape index (κ3) is 8.59. The normalized spacial score (nSPS) is 11.3. The second-order valence-electron chi connectivity index (χ2n) is 5.88. The zero-order chi connectivity index (χ0) is 19.6. The Labute approximate surface area is 185 Å². The van der Waals surface area contributed by atoms with Crippen molar-refractivity contribution in [1.82, 2.24) is 20.4 Å². The number of aromatic nitrogens is 2. The predicted molar refractivity (Wildman–Crippen MR) is 118 cm³/mol. The molecule has 6 nitrogen and oxygen atoms in total. The van der Waals surface area contributed by atoms with E-state index in [0.717, 1.165) is 19.4 Å². The molecule has 10 heteroatoms. The van der Waals surface area contributed by atoms with Crippen LogP contribution in [-0.4, -0.2) is 35.4 Å². The molecule has 0 saturated carbocycles. The second-order valence-corrected chi connectivity index (χ2v) is 6.31. The van der Waals surface area contributed by atoms with E-state index in [2.05, 4.69) is 25.5 Å². The van der Waals surface area contributed by atoms with Gasteiger partial charge in [-0.3, -0.25) is 4.68 Å². The first-order valence-electron chi connectivity index (χ1n) is 8.71. The molecule has 1 aromatic carbocycles. The molecular weight excluding hydrogens is 503 g/mol. The number of hydrogen-bond donors (Lipinski definition) is 2. The van der Waals surface area contributed by atoms with Gasteiger partial charge in [-0.15, -0.1) is 24.0 Å². The molecule has 2 aromatic rings. The highest BCUT2D eigenvalue weighted by Crippen LogP contribution is 2.25. The molecule has 0 radical (unpaired) electrons. The Morgan fingerprint density at radius 2 is 2.14 bits per heavy atom. The van der Waals surface area contributed by atoms with Gasteiger partial charge in [-0.05, 0) is 43.5 Å². The van der Waals surface area contributed by atoms with Crippen molar-refractivity contribution in [3.05, 3.63) is 46.7 Å². The Hall–Kier alpha value is -1.62.